The summed E-state index contributed by atoms with van der Waals surface area (Å²) in [6, 6.07) is 21.6. The maximum absolute atomic E-state index is 13.1. The van der Waals surface area contributed by atoms with Crippen molar-refractivity contribution in [3.63, 3.8) is 0 Å². The Morgan fingerprint density at radius 3 is 2.43 bits per heavy atom. The van der Waals surface area contributed by atoms with Crippen LogP contribution < -0.4 is 19.7 Å². The van der Waals surface area contributed by atoms with Gasteiger partial charge in [-0.2, -0.15) is 0 Å². The second-order valence-electron chi connectivity index (χ2n) is 9.60. The molecule has 1 aliphatic rings. The van der Waals surface area contributed by atoms with Crippen molar-refractivity contribution < 1.29 is 14.3 Å². The van der Waals surface area contributed by atoms with Crippen LogP contribution in [0.4, 0.5) is 5.69 Å². The summed E-state index contributed by atoms with van der Waals surface area (Å²) in [7, 11) is 1.63. The monoisotopic (exact) mass is 486 g/mol. The maximum Gasteiger partial charge on any atom is 0.281 e. The molecule has 0 saturated carbocycles. The molecule has 0 aliphatic carbocycles. The van der Waals surface area contributed by atoms with E-state index < -0.39 is 0 Å². The van der Waals surface area contributed by atoms with E-state index in [4.69, 9.17) is 21.7 Å². The predicted octanol–water partition coefficient (Wildman–Crippen LogP) is 6.14. The van der Waals surface area contributed by atoms with Crippen molar-refractivity contribution in [2.45, 2.75) is 39.7 Å². The molecular weight excluding hydrogens is 456 g/mol. The third kappa shape index (κ3) is 5.54. The summed E-state index contributed by atoms with van der Waals surface area (Å²) in [5.74, 6) is 1.32. The normalized spacial score (nSPS) is 14.9. The van der Waals surface area contributed by atoms with E-state index in [1.54, 1.807) is 13.2 Å². The summed E-state index contributed by atoms with van der Waals surface area (Å²) in [6.07, 6.45) is 1.80. The molecule has 0 atom stereocenters. The molecule has 3 aromatic rings. The van der Waals surface area contributed by atoms with Crippen LogP contribution in [-0.4, -0.2) is 18.1 Å². The number of anilines is 1. The SMILES string of the molecule is COc1ccc(/C=C2/NC(=S)N(c3cccc(C)c3)C2=O)cc1COc1ccc(C(C)(C)C)cc1. The first-order chi connectivity index (χ1) is 16.7. The Labute approximate surface area is 212 Å². The highest BCUT2D eigenvalue weighted by molar-refractivity contribution is 7.80. The quantitative estimate of drug-likeness (QED) is 0.335. The largest absolute Gasteiger partial charge is 0.496 e. The molecule has 1 amide bonds. The molecule has 4 rings (SSSR count). The van der Waals surface area contributed by atoms with Gasteiger partial charge >= 0.3 is 0 Å². The zero-order valence-corrected chi connectivity index (χ0v) is 21.5. The van der Waals surface area contributed by atoms with Crippen LogP contribution in [0.2, 0.25) is 0 Å². The molecule has 1 heterocycles. The third-order valence-electron chi connectivity index (χ3n) is 5.87. The van der Waals surface area contributed by atoms with Gasteiger partial charge in [-0.05, 0) is 83.7 Å². The van der Waals surface area contributed by atoms with E-state index in [0.717, 1.165) is 33.9 Å². The van der Waals surface area contributed by atoms with Crippen LogP contribution in [0, 0.1) is 6.92 Å². The highest BCUT2D eigenvalue weighted by Crippen LogP contribution is 2.28. The summed E-state index contributed by atoms with van der Waals surface area (Å²) < 4.78 is 11.6. The van der Waals surface area contributed by atoms with Gasteiger partial charge in [0.05, 0.1) is 12.8 Å². The van der Waals surface area contributed by atoms with Gasteiger partial charge in [0.2, 0.25) is 0 Å². The molecule has 3 aromatic carbocycles. The Morgan fingerprint density at radius 2 is 1.77 bits per heavy atom. The van der Waals surface area contributed by atoms with Gasteiger partial charge in [-0.1, -0.05) is 51.1 Å². The lowest BCUT2D eigenvalue weighted by atomic mass is 9.87. The number of hydrogen-bond donors (Lipinski definition) is 1. The minimum Gasteiger partial charge on any atom is -0.496 e. The highest BCUT2D eigenvalue weighted by Gasteiger charge is 2.32. The van der Waals surface area contributed by atoms with E-state index >= 15 is 0 Å². The molecule has 0 bridgehead atoms. The first kappa shape index (κ1) is 24.5. The van der Waals surface area contributed by atoms with E-state index in [0.29, 0.717) is 17.4 Å². The zero-order valence-electron chi connectivity index (χ0n) is 20.7. The van der Waals surface area contributed by atoms with Crippen LogP contribution in [0.5, 0.6) is 11.5 Å². The van der Waals surface area contributed by atoms with Crippen molar-refractivity contribution >= 4 is 35.0 Å². The smallest absolute Gasteiger partial charge is 0.281 e. The number of hydrogen-bond acceptors (Lipinski definition) is 4. The lowest BCUT2D eigenvalue weighted by molar-refractivity contribution is -0.113. The van der Waals surface area contributed by atoms with Crippen LogP contribution in [0.15, 0.2) is 72.4 Å². The van der Waals surface area contributed by atoms with E-state index in [2.05, 4.69) is 38.2 Å². The molecule has 0 unspecified atom stereocenters. The van der Waals surface area contributed by atoms with Crippen molar-refractivity contribution in [2.24, 2.45) is 0 Å². The van der Waals surface area contributed by atoms with Crippen LogP contribution in [0.3, 0.4) is 0 Å². The summed E-state index contributed by atoms with van der Waals surface area (Å²) in [5, 5.41) is 3.41. The average molecular weight is 487 g/mol. The van der Waals surface area contributed by atoms with Crippen LogP contribution in [0.25, 0.3) is 6.08 Å². The van der Waals surface area contributed by atoms with Crippen LogP contribution in [0.1, 0.15) is 43.0 Å². The van der Waals surface area contributed by atoms with Crippen molar-refractivity contribution in [2.75, 3.05) is 12.0 Å². The van der Waals surface area contributed by atoms with Crippen LogP contribution >= 0.6 is 12.2 Å². The van der Waals surface area contributed by atoms with Crippen LogP contribution in [-0.2, 0) is 16.8 Å². The summed E-state index contributed by atoms with van der Waals surface area (Å²) >= 11 is 5.44. The average Bonchev–Trinajstić information content (AvgIpc) is 3.10. The molecule has 1 saturated heterocycles. The Morgan fingerprint density at radius 1 is 1.03 bits per heavy atom. The van der Waals surface area contributed by atoms with Gasteiger partial charge in [0.15, 0.2) is 5.11 Å². The first-order valence-corrected chi connectivity index (χ1v) is 11.9. The highest BCUT2D eigenvalue weighted by atomic mass is 32.1. The second kappa shape index (κ2) is 9.92. The van der Waals surface area contributed by atoms with Gasteiger partial charge in [-0.3, -0.25) is 9.69 Å². The molecule has 35 heavy (non-hydrogen) atoms. The summed E-state index contributed by atoms with van der Waals surface area (Å²) in [6.45, 7) is 8.88. The Balaban J connectivity index is 1.53. The van der Waals surface area contributed by atoms with Gasteiger partial charge in [0.1, 0.15) is 23.8 Å². The predicted molar refractivity (Wildman–Crippen MR) is 145 cm³/mol. The Hall–Kier alpha value is -3.64. The fraction of sp³-hybridized carbons (Fsp3) is 0.241. The van der Waals surface area contributed by atoms with Gasteiger partial charge in [0.25, 0.3) is 5.91 Å². The molecule has 0 aromatic heterocycles. The van der Waals surface area contributed by atoms with Gasteiger partial charge in [-0.15, -0.1) is 0 Å². The lowest BCUT2D eigenvalue weighted by Gasteiger charge is -2.19. The molecule has 180 valence electrons. The van der Waals surface area contributed by atoms with E-state index in [-0.39, 0.29) is 11.3 Å². The number of aryl methyl sites for hydroxylation is 1. The molecule has 6 heteroatoms. The summed E-state index contributed by atoms with van der Waals surface area (Å²) in [5.41, 5.74) is 5.30. The van der Waals surface area contributed by atoms with Crippen molar-refractivity contribution in [1.82, 2.24) is 5.32 Å². The maximum atomic E-state index is 13.1. The molecule has 1 fully saturated rings. The minimum atomic E-state index is -0.187. The molecule has 1 aliphatic heterocycles. The third-order valence-corrected chi connectivity index (χ3v) is 6.15. The van der Waals surface area contributed by atoms with E-state index in [9.17, 15) is 4.79 Å². The molecular formula is C29H30N2O3S. The number of carbonyl (C=O) groups excluding carboxylic acids is 1. The molecule has 5 nitrogen and oxygen atoms in total. The van der Waals surface area contributed by atoms with Gasteiger partial charge in [0, 0.05) is 5.56 Å². The Bertz CT molecular complexity index is 1290. The van der Waals surface area contributed by atoms with E-state index in [1.807, 2.05) is 61.5 Å². The molecule has 0 radical (unpaired) electrons. The zero-order chi connectivity index (χ0) is 25.2. The fourth-order valence-corrected chi connectivity index (χ4v) is 4.21. The Kier molecular flexibility index (Phi) is 6.94. The second-order valence-corrected chi connectivity index (χ2v) is 9.99. The summed E-state index contributed by atoms with van der Waals surface area (Å²) in [4.78, 5) is 14.6. The first-order valence-electron chi connectivity index (χ1n) is 11.5. The number of benzene rings is 3. The number of amides is 1. The number of rotatable bonds is 6. The topological polar surface area (TPSA) is 50.8 Å². The van der Waals surface area contributed by atoms with Crippen molar-refractivity contribution in [3.8, 4) is 11.5 Å². The minimum absolute atomic E-state index is 0.0898. The molecule has 1 N–H and O–H groups in total. The number of nitrogens with zero attached hydrogens (tertiary/aromatic N) is 1. The van der Waals surface area contributed by atoms with Crippen molar-refractivity contribution in [1.29, 1.82) is 0 Å². The van der Waals surface area contributed by atoms with Crippen molar-refractivity contribution in [3.05, 3.63) is 94.7 Å². The fourth-order valence-electron chi connectivity index (χ4n) is 3.92. The standard InChI is InChI=1S/C29H30N2O3S/c1-19-7-6-8-23(15-19)31-27(32)25(30-28(31)35)17-20-9-14-26(33-5)21(16-20)18-34-24-12-10-22(11-13-24)29(2,3)4/h6-17H,18H2,1-5H3,(H,30,35)/b25-17+. The van der Waals surface area contributed by atoms with Gasteiger partial charge in [-0.25, -0.2) is 0 Å². The number of ether oxygens (including phenoxy) is 2. The van der Waals surface area contributed by atoms with E-state index in [1.165, 1.54) is 10.5 Å². The number of carbonyl (C=O) groups is 1. The lowest BCUT2D eigenvalue weighted by Crippen LogP contribution is -2.30. The number of methoxy groups -OCH3 is 1. The van der Waals surface area contributed by atoms with Gasteiger partial charge < -0.3 is 14.8 Å². The molecule has 0 spiro atoms. The number of thiocarbonyl (C=S) groups is 1. The number of nitrogens with one attached hydrogen (secondary N) is 1.